The van der Waals surface area contributed by atoms with Crippen LogP contribution in [0.25, 0.3) is 4.96 Å². The van der Waals surface area contributed by atoms with Gasteiger partial charge in [0.15, 0.2) is 4.96 Å². The molecule has 2 aliphatic rings. The van der Waals surface area contributed by atoms with Crippen LogP contribution in [0.1, 0.15) is 70.2 Å². The number of aromatic nitrogens is 2. The average Bonchev–Trinajstić information content (AvgIpc) is 2.91. The normalized spacial score (nSPS) is 18.9. The van der Waals surface area contributed by atoms with Crippen LogP contribution in [-0.4, -0.2) is 15.3 Å². The standard InChI is InChI=1S/C22H23N3O2S/c26-20(24-17-10-6-8-14-7-4-5-9-15(14)17)16-13-23-22-25(21(16)27)18-11-2-1-3-12-19(18)28-22/h4-5,7,9,13,17H,1-3,6,8,10-12H2,(H,24,26). The Hall–Kier alpha value is -2.47. The van der Waals surface area contributed by atoms with Crippen molar-refractivity contribution in [3.05, 3.63) is 68.1 Å². The van der Waals surface area contributed by atoms with Gasteiger partial charge in [0.05, 0.1) is 6.04 Å². The smallest absolute Gasteiger partial charge is 0.271 e. The molecule has 1 unspecified atom stereocenters. The van der Waals surface area contributed by atoms with E-state index in [2.05, 4.69) is 22.4 Å². The van der Waals surface area contributed by atoms with Gasteiger partial charge < -0.3 is 5.32 Å². The average molecular weight is 394 g/mol. The van der Waals surface area contributed by atoms with Crippen molar-refractivity contribution in [2.24, 2.45) is 0 Å². The van der Waals surface area contributed by atoms with Crippen molar-refractivity contribution in [2.45, 2.75) is 57.4 Å². The molecule has 0 fully saturated rings. The van der Waals surface area contributed by atoms with Gasteiger partial charge >= 0.3 is 0 Å². The van der Waals surface area contributed by atoms with Crippen molar-refractivity contribution in [3.8, 4) is 0 Å². The Balaban J connectivity index is 1.50. The zero-order chi connectivity index (χ0) is 19.1. The Kier molecular flexibility index (Phi) is 4.51. The Morgan fingerprint density at radius 3 is 2.89 bits per heavy atom. The van der Waals surface area contributed by atoms with E-state index in [1.54, 1.807) is 15.7 Å². The Morgan fingerprint density at radius 1 is 1.11 bits per heavy atom. The first-order valence-corrected chi connectivity index (χ1v) is 10.9. The van der Waals surface area contributed by atoms with Crippen LogP contribution in [0.2, 0.25) is 0 Å². The molecule has 0 saturated heterocycles. The number of nitrogens with zero attached hydrogens (tertiary/aromatic N) is 2. The SMILES string of the molecule is O=C(NC1CCCc2ccccc21)c1cnc2sc3c(n2c1=O)CCCCC3. The summed E-state index contributed by atoms with van der Waals surface area (Å²) >= 11 is 1.59. The molecule has 0 aliphatic heterocycles. The van der Waals surface area contributed by atoms with Gasteiger partial charge in [0, 0.05) is 16.8 Å². The maximum absolute atomic E-state index is 13.2. The van der Waals surface area contributed by atoms with E-state index in [0.717, 1.165) is 50.6 Å². The predicted molar refractivity (Wildman–Crippen MR) is 110 cm³/mol. The lowest BCUT2D eigenvalue weighted by atomic mass is 9.87. The van der Waals surface area contributed by atoms with E-state index < -0.39 is 0 Å². The summed E-state index contributed by atoms with van der Waals surface area (Å²) in [5.74, 6) is -0.317. The summed E-state index contributed by atoms with van der Waals surface area (Å²) in [6.07, 6.45) is 9.75. The molecule has 2 aliphatic carbocycles. The summed E-state index contributed by atoms with van der Waals surface area (Å²) < 4.78 is 1.69. The number of hydrogen-bond acceptors (Lipinski definition) is 4. The molecule has 2 heterocycles. The van der Waals surface area contributed by atoms with Crippen LogP contribution in [0.5, 0.6) is 0 Å². The van der Waals surface area contributed by atoms with E-state index in [4.69, 9.17) is 0 Å². The van der Waals surface area contributed by atoms with E-state index in [1.165, 1.54) is 28.6 Å². The van der Waals surface area contributed by atoms with Crippen LogP contribution in [0.4, 0.5) is 0 Å². The number of fused-ring (bicyclic) bond motifs is 4. The molecule has 1 N–H and O–H groups in total. The van der Waals surface area contributed by atoms with Gasteiger partial charge in [-0.25, -0.2) is 4.98 Å². The molecular weight excluding hydrogens is 370 g/mol. The molecule has 0 spiro atoms. The first-order valence-electron chi connectivity index (χ1n) is 10.1. The lowest BCUT2D eigenvalue weighted by Gasteiger charge is -2.26. The third kappa shape index (κ3) is 2.96. The number of rotatable bonds is 2. The second-order valence-corrected chi connectivity index (χ2v) is 8.81. The van der Waals surface area contributed by atoms with E-state index in [1.807, 2.05) is 12.1 Å². The van der Waals surface area contributed by atoms with Gasteiger partial charge in [-0.05, 0) is 56.1 Å². The highest BCUT2D eigenvalue weighted by Crippen LogP contribution is 2.30. The minimum Gasteiger partial charge on any atom is -0.345 e. The maximum atomic E-state index is 13.2. The fourth-order valence-electron chi connectivity index (χ4n) is 4.54. The van der Waals surface area contributed by atoms with Crippen molar-refractivity contribution < 1.29 is 4.79 Å². The molecule has 5 rings (SSSR count). The molecule has 0 radical (unpaired) electrons. The molecule has 1 aromatic carbocycles. The van der Waals surface area contributed by atoms with Crippen molar-refractivity contribution in [1.29, 1.82) is 0 Å². The Morgan fingerprint density at radius 2 is 1.96 bits per heavy atom. The van der Waals surface area contributed by atoms with Gasteiger partial charge in [0.2, 0.25) is 0 Å². The third-order valence-electron chi connectivity index (χ3n) is 5.97. The highest BCUT2D eigenvalue weighted by molar-refractivity contribution is 7.17. The largest absolute Gasteiger partial charge is 0.345 e. The first-order chi connectivity index (χ1) is 13.7. The lowest BCUT2D eigenvalue weighted by molar-refractivity contribution is 0.0930. The Labute approximate surface area is 167 Å². The molecule has 1 atom stereocenters. The van der Waals surface area contributed by atoms with Crippen molar-refractivity contribution in [3.63, 3.8) is 0 Å². The van der Waals surface area contributed by atoms with Crippen LogP contribution >= 0.6 is 11.3 Å². The zero-order valence-electron chi connectivity index (χ0n) is 15.7. The van der Waals surface area contributed by atoms with Gasteiger partial charge in [-0.15, -0.1) is 11.3 Å². The van der Waals surface area contributed by atoms with Crippen LogP contribution < -0.4 is 10.9 Å². The first kappa shape index (κ1) is 17.6. The molecule has 144 valence electrons. The van der Waals surface area contributed by atoms with E-state index in [0.29, 0.717) is 4.96 Å². The second kappa shape index (κ2) is 7.17. The molecule has 0 bridgehead atoms. The van der Waals surface area contributed by atoms with Crippen LogP contribution in [0.15, 0.2) is 35.3 Å². The molecular formula is C22H23N3O2S. The lowest BCUT2D eigenvalue weighted by Crippen LogP contribution is -2.35. The van der Waals surface area contributed by atoms with Gasteiger partial charge in [0.1, 0.15) is 5.56 Å². The van der Waals surface area contributed by atoms with Crippen molar-refractivity contribution in [1.82, 2.24) is 14.7 Å². The second-order valence-electron chi connectivity index (χ2n) is 7.74. The quantitative estimate of drug-likeness (QED) is 0.673. The summed E-state index contributed by atoms with van der Waals surface area (Å²) in [4.78, 5) is 32.6. The number of nitrogens with one attached hydrogen (secondary N) is 1. The monoisotopic (exact) mass is 393 g/mol. The van der Waals surface area contributed by atoms with E-state index >= 15 is 0 Å². The summed E-state index contributed by atoms with van der Waals surface area (Å²) in [5, 5.41) is 3.09. The fraction of sp³-hybridized carbons (Fsp3) is 0.409. The van der Waals surface area contributed by atoms with Crippen LogP contribution in [-0.2, 0) is 19.3 Å². The highest BCUT2D eigenvalue weighted by Gasteiger charge is 2.25. The van der Waals surface area contributed by atoms with Crippen LogP contribution in [0.3, 0.4) is 0 Å². The highest BCUT2D eigenvalue weighted by atomic mass is 32.1. The number of carbonyl (C=O) groups excluding carboxylic acids is 1. The molecule has 2 aromatic heterocycles. The topological polar surface area (TPSA) is 63.5 Å². The minimum atomic E-state index is -0.317. The summed E-state index contributed by atoms with van der Waals surface area (Å²) in [7, 11) is 0. The van der Waals surface area contributed by atoms with Gasteiger partial charge in [0.25, 0.3) is 11.5 Å². The molecule has 28 heavy (non-hydrogen) atoms. The summed E-state index contributed by atoms with van der Waals surface area (Å²) in [6, 6.07) is 8.20. The maximum Gasteiger partial charge on any atom is 0.271 e. The number of hydrogen-bond donors (Lipinski definition) is 1. The number of benzene rings is 1. The number of carbonyl (C=O) groups is 1. The van der Waals surface area contributed by atoms with E-state index in [-0.39, 0.29) is 23.1 Å². The van der Waals surface area contributed by atoms with Crippen molar-refractivity contribution >= 4 is 22.2 Å². The minimum absolute atomic E-state index is 0.0443. The van der Waals surface area contributed by atoms with E-state index in [9.17, 15) is 9.59 Å². The third-order valence-corrected chi connectivity index (χ3v) is 7.13. The molecule has 3 aromatic rings. The number of aryl methyl sites for hydroxylation is 3. The number of amides is 1. The van der Waals surface area contributed by atoms with Gasteiger partial charge in [-0.1, -0.05) is 30.7 Å². The Bertz CT molecular complexity index is 1110. The zero-order valence-corrected chi connectivity index (χ0v) is 16.6. The number of thiazole rings is 1. The van der Waals surface area contributed by atoms with Crippen LogP contribution in [0, 0.1) is 0 Å². The fourth-order valence-corrected chi connectivity index (χ4v) is 5.71. The summed E-state index contributed by atoms with van der Waals surface area (Å²) in [5.41, 5.74) is 3.43. The molecule has 5 nitrogen and oxygen atoms in total. The van der Waals surface area contributed by atoms with Gasteiger partial charge in [-0.2, -0.15) is 0 Å². The molecule has 6 heteroatoms. The predicted octanol–water partition coefficient (Wildman–Crippen LogP) is 3.83. The van der Waals surface area contributed by atoms with Crippen molar-refractivity contribution in [2.75, 3.05) is 0 Å². The molecule has 1 amide bonds. The molecule has 0 saturated carbocycles. The van der Waals surface area contributed by atoms with Gasteiger partial charge in [-0.3, -0.25) is 14.0 Å². The summed E-state index contributed by atoms with van der Waals surface area (Å²) in [6.45, 7) is 0.